The van der Waals surface area contributed by atoms with Crippen molar-refractivity contribution in [3.63, 3.8) is 0 Å². The quantitative estimate of drug-likeness (QED) is 0.811. The summed E-state index contributed by atoms with van der Waals surface area (Å²) in [4.78, 5) is 25.0. The lowest BCUT2D eigenvalue weighted by Crippen LogP contribution is -2.61. The molecular formula is C21H27NO4. The van der Waals surface area contributed by atoms with Crippen molar-refractivity contribution >= 4 is 11.9 Å². The fraction of sp³-hybridized carbons (Fsp3) is 0.619. The molecular weight excluding hydrogens is 330 g/mol. The van der Waals surface area contributed by atoms with Crippen LogP contribution in [0, 0.1) is 24.7 Å². The first-order valence-corrected chi connectivity index (χ1v) is 9.67. The van der Waals surface area contributed by atoms with Crippen molar-refractivity contribution in [3.8, 4) is 5.75 Å². The molecule has 4 aliphatic carbocycles. The van der Waals surface area contributed by atoms with E-state index in [1.54, 1.807) is 26.0 Å². The van der Waals surface area contributed by atoms with E-state index >= 15 is 0 Å². The maximum Gasteiger partial charge on any atom is 0.342 e. The second-order valence-corrected chi connectivity index (χ2v) is 8.71. The highest BCUT2D eigenvalue weighted by molar-refractivity contribution is 5.95. The van der Waals surface area contributed by atoms with Gasteiger partial charge in [0.1, 0.15) is 11.3 Å². The number of hydrogen-bond acceptors (Lipinski definition) is 4. The number of aromatic hydroxyl groups is 1. The molecule has 5 heteroatoms. The van der Waals surface area contributed by atoms with Gasteiger partial charge in [0, 0.05) is 5.54 Å². The normalized spacial score (nSPS) is 32.9. The number of aryl methyl sites for hydroxylation is 1. The minimum atomic E-state index is -0.879. The van der Waals surface area contributed by atoms with Crippen LogP contribution in [0.3, 0.4) is 0 Å². The summed E-state index contributed by atoms with van der Waals surface area (Å²) < 4.78 is 5.34. The molecule has 4 bridgehead atoms. The molecule has 1 aromatic rings. The Bertz CT molecular complexity index is 706. The number of phenols is 1. The van der Waals surface area contributed by atoms with Crippen LogP contribution in [0.4, 0.5) is 0 Å². The molecule has 140 valence electrons. The van der Waals surface area contributed by atoms with Gasteiger partial charge >= 0.3 is 5.97 Å². The minimum absolute atomic E-state index is 0.0915. The van der Waals surface area contributed by atoms with Crippen molar-refractivity contribution in [2.45, 2.75) is 64.0 Å². The fourth-order valence-corrected chi connectivity index (χ4v) is 5.73. The summed E-state index contributed by atoms with van der Waals surface area (Å²) in [5.41, 5.74) is 0.599. The number of carbonyl (C=O) groups excluding carboxylic acids is 2. The number of nitrogens with one attached hydrogen (secondary N) is 1. The van der Waals surface area contributed by atoms with Crippen molar-refractivity contribution in [3.05, 3.63) is 29.3 Å². The number of hydrogen-bond donors (Lipinski definition) is 2. The van der Waals surface area contributed by atoms with Crippen LogP contribution in [0.15, 0.2) is 18.2 Å². The van der Waals surface area contributed by atoms with Gasteiger partial charge < -0.3 is 15.2 Å². The molecule has 26 heavy (non-hydrogen) atoms. The van der Waals surface area contributed by atoms with E-state index in [0.717, 1.165) is 37.0 Å². The number of esters is 1. The van der Waals surface area contributed by atoms with E-state index in [9.17, 15) is 14.7 Å². The summed E-state index contributed by atoms with van der Waals surface area (Å²) in [7, 11) is 0. The lowest BCUT2D eigenvalue weighted by Gasteiger charge is -2.57. The van der Waals surface area contributed by atoms with Crippen LogP contribution in [0.2, 0.25) is 0 Å². The average Bonchev–Trinajstić information content (AvgIpc) is 2.55. The van der Waals surface area contributed by atoms with Gasteiger partial charge in [-0.3, -0.25) is 4.79 Å². The van der Waals surface area contributed by atoms with Crippen LogP contribution in [-0.4, -0.2) is 28.6 Å². The summed E-state index contributed by atoms with van der Waals surface area (Å²) in [6.45, 7) is 3.32. The predicted molar refractivity (Wildman–Crippen MR) is 96.8 cm³/mol. The molecule has 0 saturated heterocycles. The standard InChI is InChI=1S/C21H27NO4/c1-12-4-3-5-17(18(12)23)20(25)26-13(2)19(24)22-21-9-14-6-15(10-21)8-16(7-14)11-21/h3-5,13-16,23H,6-11H2,1-2H3,(H,22,24)/t13-,14?,15?,16?,21?/m0/s1. The molecule has 2 N–H and O–H groups in total. The summed E-state index contributed by atoms with van der Waals surface area (Å²) in [5.74, 6) is 1.23. The molecule has 4 fully saturated rings. The van der Waals surface area contributed by atoms with Gasteiger partial charge in [-0.2, -0.15) is 0 Å². The van der Waals surface area contributed by atoms with E-state index in [4.69, 9.17) is 4.74 Å². The second kappa shape index (κ2) is 6.29. The number of phenolic OH excluding ortho intramolecular Hbond substituents is 1. The number of amides is 1. The van der Waals surface area contributed by atoms with Crippen molar-refractivity contribution in [2.75, 3.05) is 0 Å². The van der Waals surface area contributed by atoms with Crippen LogP contribution in [0.1, 0.15) is 61.4 Å². The van der Waals surface area contributed by atoms with E-state index in [-0.39, 0.29) is 22.8 Å². The third-order valence-corrected chi connectivity index (χ3v) is 6.54. The van der Waals surface area contributed by atoms with Gasteiger partial charge in [0.15, 0.2) is 6.10 Å². The van der Waals surface area contributed by atoms with E-state index in [1.807, 2.05) is 0 Å². The SMILES string of the molecule is Cc1cccc(C(=O)O[C@@H](C)C(=O)NC23CC4CC(CC(C4)C2)C3)c1O. The minimum Gasteiger partial charge on any atom is -0.507 e. The lowest BCUT2D eigenvalue weighted by atomic mass is 9.53. The highest BCUT2D eigenvalue weighted by atomic mass is 16.5. The van der Waals surface area contributed by atoms with Crippen molar-refractivity contribution < 1.29 is 19.4 Å². The first-order chi connectivity index (χ1) is 12.3. The molecule has 0 aliphatic heterocycles. The Hall–Kier alpha value is -2.04. The van der Waals surface area contributed by atoms with Crippen LogP contribution in [0.25, 0.3) is 0 Å². The Balaban J connectivity index is 1.41. The van der Waals surface area contributed by atoms with E-state index in [1.165, 1.54) is 25.3 Å². The maximum atomic E-state index is 12.7. The zero-order valence-corrected chi connectivity index (χ0v) is 15.5. The first-order valence-electron chi connectivity index (χ1n) is 9.67. The van der Waals surface area contributed by atoms with E-state index in [2.05, 4.69) is 5.32 Å². The van der Waals surface area contributed by atoms with Crippen LogP contribution in [0.5, 0.6) is 5.75 Å². The zero-order chi connectivity index (χ0) is 18.5. The summed E-state index contributed by atoms with van der Waals surface area (Å²) in [6, 6.07) is 4.91. The van der Waals surface area contributed by atoms with Crippen LogP contribution in [-0.2, 0) is 9.53 Å². The molecule has 4 aliphatic rings. The largest absolute Gasteiger partial charge is 0.507 e. The topological polar surface area (TPSA) is 75.6 Å². The van der Waals surface area contributed by atoms with Crippen molar-refractivity contribution in [1.29, 1.82) is 0 Å². The number of rotatable bonds is 4. The monoisotopic (exact) mass is 357 g/mol. The van der Waals surface area contributed by atoms with Gasteiger partial charge in [0.05, 0.1) is 0 Å². The molecule has 0 heterocycles. The van der Waals surface area contributed by atoms with Gasteiger partial charge in [-0.15, -0.1) is 0 Å². The highest BCUT2D eigenvalue weighted by Crippen LogP contribution is 2.55. The highest BCUT2D eigenvalue weighted by Gasteiger charge is 2.51. The summed E-state index contributed by atoms with van der Waals surface area (Å²) in [6.07, 6.45) is 6.23. The fourth-order valence-electron chi connectivity index (χ4n) is 5.73. The molecule has 5 rings (SSSR count). The molecule has 0 aromatic heterocycles. The van der Waals surface area contributed by atoms with E-state index < -0.39 is 12.1 Å². The summed E-state index contributed by atoms with van der Waals surface area (Å²) in [5, 5.41) is 13.3. The molecule has 1 amide bonds. The van der Waals surface area contributed by atoms with Gasteiger partial charge in [-0.1, -0.05) is 12.1 Å². The Morgan fingerprint density at radius 2 is 1.73 bits per heavy atom. The van der Waals surface area contributed by atoms with Gasteiger partial charge in [0.2, 0.25) is 0 Å². The summed E-state index contributed by atoms with van der Waals surface area (Å²) >= 11 is 0. The third kappa shape index (κ3) is 3.08. The molecule has 1 aromatic carbocycles. The predicted octanol–water partition coefficient (Wildman–Crippen LogP) is 3.33. The second-order valence-electron chi connectivity index (χ2n) is 8.71. The number of benzene rings is 1. The number of ether oxygens (including phenoxy) is 1. The van der Waals surface area contributed by atoms with Crippen molar-refractivity contribution in [2.24, 2.45) is 17.8 Å². The zero-order valence-electron chi connectivity index (χ0n) is 15.5. The molecule has 5 nitrogen and oxygen atoms in total. The van der Waals surface area contributed by atoms with Gasteiger partial charge in [0.25, 0.3) is 5.91 Å². The molecule has 0 spiro atoms. The van der Waals surface area contributed by atoms with Crippen molar-refractivity contribution in [1.82, 2.24) is 5.32 Å². The molecule has 0 unspecified atom stereocenters. The average molecular weight is 357 g/mol. The Labute approximate surface area is 154 Å². The lowest BCUT2D eigenvalue weighted by molar-refractivity contribution is -0.134. The van der Waals surface area contributed by atoms with Gasteiger partial charge in [-0.25, -0.2) is 4.79 Å². The third-order valence-electron chi connectivity index (χ3n) is 6.54. The van der Waals surface area contributed by atoms with Crippen LogP contribution >= 0.6 is 0 Å². The Morgan fingerprint density at radius 3 is 2.31 bits per heavy atom. The Morgan fingerprint density at radius 1 is 1.15 bits per heavy atom. The first kappa shape index (κ1) is 17.4. The van der Waals surface area contributed by atoms with Gasteiger partial charge in [-0.05, 0) is 81.8 Å². The smallest absolute Gasteiger partial charge is 0.342 e. The molecule has 0 radical (unpaired) electrons. The Kier molecular flexibility index (Phi) is 4.20. The number of para-hydroxylation sites is 1. The number of carbonyl (C=O) groups is 2. The maximum absolute atomic E-state index is 12.7. The molecule has 1 atom stereocenters. The van der Waals surface area contributed by atoms with Crippen LogP contribution < -0.4 is 5.32 Å². The molecule has 4 saturated carbocycles. The van der Waals surface area contributed by atoms with E-state index in [0.29, 0.717) is 5.56 Å².